The van der Waals surface area contributed by atoms with Gasteiger partial charge in [0.1, 0.15) is 11.5 Å². The summed E-state index contributed by atoms with van der Waals surface area (Å²) in [6, 6.07) is 18.9. The van der Waals surface area contributed by atoms with Crippen molar-refractivity contribution >= 4 is 17.9 Å². The fraction of sp³-hybridized carbons (Fsp3) is 0.286. The number of aliphatic hydroxyl groups excluding tert-OH is 2. The van der Waals surface area contributed by atoms with E-state index in [0.717, 1.165) is 16.7 Å². The smallest absolute Gasteiger partial charge is 0.338 e. The number of benzene rings is 3. The normalized spacial score (nSPS) is 10.9. The minimum atomic E-state index is -0.831. The second kappa shape index (κ2) is 15.7. The van der Waals surface area contributed by atoms with Crippen LogP contribution in [0.25, 0.3) is 11.1 Å². The summed E-state index contributed by atoms with van der Waals surface area (Å²) in [6.45, 7) is 11.6. The van der Waals surface area contributed by atoms with Crippen molar-refractivity contribution in [3.63, 3.8) is 0 Å². The number of carbonyl (C=O) groups excluding carboxylic acids is 3. The molecule has 44 heavy (non-hydrogen) atoms. The summed E-state index contributed by atoms with van der Waals surface area (Å²) in [5.41, 5.74) is 2.20. The summed E-state index contributed by atoms with van der Waals surface area (Å²) < 4.78 is 22.0. The van der Waals surface area contributed by atoms with Crippen LogP contribution in [0.3, 0.4) is 0 Å². The van der Waals surface area contributed by atoms with Gasteiger partial charge in [0.15, 0.2) is 11.5 Å². The fourth-order valence-electron chi connectivity index (χ4n) is 3.83. The average molecular weight is 603 g/mol. The van der Waals surface area contributed by atoms with E-state index in [-0.39, 0.29) is 43.1 Å². The third-order valence-electron chi connectivity index (χ3n) is 6.97. The van der Waals surface area contributed by atoms with Crippen LogP contribution in [0.15, 0.2) is 91.0 Å². The number of carbonyl (C=O) groups is 3. The van der Waals surface area contributed by atoms with Gasteiger partial charge in [0.05, 0.1) is 25.2 Å². The maximum absolute atomic E-state index is 12.4. The van der Waals surface area contributed by atoms with E-state index >= 15 is 0 Å². The van der Waals surface area contributed by atoms with Crippen LogP contribution in [0.4, 0.5) is 0 Å². The molecule has 0 spiro atoms. The van der Waals surface area contributed by atoms with Gasteiger partial charge in [-0.15, -0.1) is 0 Å². The van der Waals surface area contributed by atoms with Gasteiger partial charge >= 0.3 is 17.9 Å². The third-order valence-corrected chi connectivity index (χ3v) is 6.97. The van der Waals surface area contributed by atoms with Gasteiger partial charge in [0.2, 0.25) is 0 Å². The molecule has 3 aromatic rings. The van der Waals surface area contributed by atoms with Gasteiger partial charge in [-0.05, 0) is 79.8 Å². The molecule has 0 atom stereocenters. The SMILES string of the molecule is C=C(C)C(=O)Oc1ccc(OC(=O)CCc2ccc(-c3ccc(OCC(CC)(CO)CO)c(OC(=O)C(=C)C)c3)cc2)cc1. The van der Waals surface area contributed by atoms with Gasteiger partial charge in [-0.1, -0.05) is 50.4 Å². The molecule has 0 aromatic heterocycles. The van der Waals surface area contributed by atoms with E-state index in [1.165, 1.54) is 12.1 Å². The zero-order chi connectivity index (χ0) is 32.3. The highest BCUT2D eigenvalue weighted by Gasteiger charge is 2.28. The highest BCUT2D eigenvalue weighted by atomic mass is 16.6. The monoisotopic (exact) mass is 602 g/mol. The molecule has 0 saturated carbocycles. The Morgan fingerprint density at radius 1 is 0.727 bits per heavy atom. The molecule has 0 amide bonds. The van der Waals surface area contributed by atoms with Gasteiger partial charge in [-0.3, -0.25) is 4.79 Å². The predicted octanol–water partition coefficient (Wildman–Crippen LogP) is 5.61. The average Bonchev–Trinajstić information content (AvgIpc) is 3.02. The predicted molar refractivity (Wildman–Crippen MR) is 166 cm³/mol. The zero-order valence-corrected chi connectivity index (χ0v) is 25.3. The van der Waals surface area contributed by atoms with Crippen LogP contribution in [0.5, 0.6) is 23.0 Å². The first-order valence-electron chi connectivity index (χ1n) is 14.1. The summed E-state index contributed by atoms with van der Waals surface area (Å²) in [5.74, 6) is -0.412. The lowest BCUT2D eigenvalue weighted by Gasteiger charge is -2.28. The Balaban J connectivity index is 1.65. The van der Waals surface area contributed by atoms with Crippen molar-refractivity contribution in [2.75, 3.05) is 19.8 Å². The summed E-state index contributed by atoms with van der Waals surface area (Å²) in [7, 11) is 0. The Morgan fingerprint density at radius 3 is 1.82 bits per heavy atom. The van der Waals surface area contributed by atoms with Gasteiger partial charge in [-0.25, -0.2) is 9.59 Å². The molecule has 9 heteroatoms. The van der Waals surface area contributed by atoms with Crippen LogP contribution in [-0.4, -0.2) is 47.9 Å². The fourth-order valence-corrected chi connectivity index (χ4v) is 3.83. The van der Waals surface area contributed by atoms with Gasteiger partial charge in [0.25, 0.3) is 0 Å². The highest BCUT2D eigenvalue weighted by molar-refractivity contribution is 5.89. The number of esters is 3. The van der Waals surface area contributed by atoms with E-state index in [9.17, 15) is 24.6 Å². The Kier molecular flexibility index (Phi) is 12.0. The third kappa shape index (κ3) is 9.39. The summed E-state index contributed by atoms with van der Waals surface area (Å²) >= 11 is 0. The van der Waals surface area contributed by atoms with E-state index in [4.69, 9.17) is 18.9 Å². The zero-order valence-electron chi connectivity index (χ0n) is 25.3. The number of aliphatic hydroxyl groups is 2. The molecule has 0 bridgehead atoms. The molecule has 3 aromatic carbocycles. The Labute approximate surface area is 257 Å². The van der Waals surface area contributed by atoms with E-state index < -0.39 is 23.3 Å². The molecular weight excluding hydrogens is 564 g/mol. The quantitative estimate of drug-likeness (QED) is 0.129. The number of hydrogen-bond donors (Lipinski definition) is 2. The first-order chi connectivity index (χ1) is 21.0. The Morgan fingerprint density at radius 2 is 1.27 bits per heavy atom. The molecule has 2 N–H and O–H groups in total. The standard InChI is InChI=1S/C35H38O9/c1-6-35(20-36,21-37)22-41-30-17-12-27(19-31(30)44-34(40)24(4)5)26-10-7-25(8-11-26)9-18-32(38)42-28-13-15-29(16-14-28)43-33(39)23(2)3/h7-8,10-17,19,36-37H,2,4,6,9,18,20-22H2,1,3,5H3. The van der Waals surface area contributed by atoms with Crippen molar-refractivity contribution in [2.24, 2.45) is 5.41 Å². The molecule has 0 aliphatic rings. The second-order valence-corrected chi connectivity index (χ2v) is 10.6. The van der Waals surface area contributed by atoms with Crippen LogP contribution < -0.4 is 18.9 Å². The largest absolute Gasteiger partial charge is 0.489 e. The van der Waals surface area contributed by atoms with Crippen molar-refractivity contribution in [2.45, 2.75) is 40.0 Å². The molecule has 0 unspecified atom stereocenters. The van der Waals surface area contributed by atoms with Crippen LogP contribution in [0.2, 0.25) is 0 Å². The molecular formula is C35H38O9. The first-order valence-corrected chi connectivity index (χ1v) is 14.1. The van der Waals surface area contributed by atoms with E-state index in [0.29, 0.717) is 30.1 Å². The molecule has 3 rings (SSSR count). The number of rotatable bonds is 15. The van der Waals surface area contributed by atoms with Gasteiger partial charge < -0.3 is 29.2 Å². The highest BCUT2D eigenvalue weighted by Crippen LogP contribution is 2.35. The van der Waals surface area contributed by atoms with Crippen molar-refractivity contribution in [1.82, 2.24) is 0 Å². The molecule has 0 aliphatic carbocycles. The van der Waals surface area contributed by atoms with Crippen molar-refractivity contribution < 1.29 is 43.5 Å². The van der Waals surface area contributed by atoms with E-state index in [1.54, 1.807) is 38.1 Å². The maximum Gasteiger partial charge on any atom is 0.338 e. The Hall–Kier alpha value is -4.73. The molecule has 0 aliphatic heterocycles. The van der Waals surface area contributed by atoms with Crippen molar-refractivity contribution in [3.05, 3.63) is 96.6 Å². The minimum Gasteiger partial charge on any atom is -0.489 e. The summed E-state index contributed by atoms with van der Waals surface area (Å²) in [6.07, 6.45) is 1.10. The lowest BCUT2D eigenvalue weighted by molar-refractivity contribution is -0.134. The van der Waals surface area contributed by atoms with E-state index in [1.807, 2.05) is 37.3 Å². The molecule has 0 heterocycles. The maximum atomic E-state index is 12.4. The van der Waals surface area contributed by atoms with E-state index in [2.05, 4.69) is 13.2 Å². The number of aryl methyl sites for hydroxylation is 1. The summed E-state index contributed by atoms with van der Waals surface area (Å²) in [5, 5.41) is 19.5. The number of hydrogen-bond acceptors (Lipinski definition) is 9. The van der Waals surface area contributed by atoms with Crippen molar-refractivity contribution in [3.8, 4) is 34.1 Å². The molecule has 0 saturated heterocycles. The lowest BCUT2D eigenvalue weighted by atomic mass is 9.88. The van der Waals surface area contributed by atoms with Crippen LogP contribution in [-0.2, 0) is 20.8 Å². The number of ether oxygens (including phenoxy) is 4. The second-order valence-electron chi connectivity index (χ2n) is 10.6. The molecule has 232 valence electrons. The van der Waals surface area contributed by atoms with Gasteiger partial charge in [0, 0.05) is 17.6 Å². The van der Waals surface area contributed by atoms with Crippen LogP contribution in [0, 0.1) is 5.41 Å². The van der Waals surface area contributed by atoms with Crippen LogP contribution in [0.1, 0.15) is 39.2 Å². The topological polar surface area (TPSA) is 129 Å². The summed E-state index contributed by atoms with van der Waals surface area (Å²) in [4.78, 5) is 36.3. The van der Waals surface area contributed by atoms with Crippen LogP contribution >= 0.6 is 0 Å². The van der Waals surface area contributed by atoms with Crippen molar-refractivity contribution in [1.29, 1.82) is 0 Å². The first kappa shape index (κ1) is 33.8. The molecule has 0 radical (unpaired) electrons. The minimum absolute atomic E-state index is 0.0286. The Bertz CT molecular complexity index is 1480. The molecule has 0 fully saturated rings. The van der Waals surface area contributed by atoms with Gasteiger partial charge in [-0.2, -0.15) is 0 Å². The molecule has 9 nitrogen and oxygen atoms in total. The lowest BCUT2D eigenvalue weighted by Crippen LogP contribution is -2.35.